The standard InChI is InChI=1S/C30H33Cl4N3O4S/c1-4-6-15-35-30(39)27(5-2)36(18-21-9-13-24(32)26(34)16-21)29(38)19-37(28-17-22(31)10-14-25(28)33)42(40,41)23-11-7-20(3)8-12-23/h7-14,16-17,27H,4-6,15,18-19H2,1-3H3,(H,35,39)/t27-/m1/s1. The fraction of sp³-hybridized carbons (Fsp3) is 0.333. The third-order valence-corrected chi connectivity index (χ3v) is 9.68. The molecule has 0 saturated heterocycles. The summed E-state index contributed by atoms with van der Waals surface area (Å²) in [6.07, 6.45) is 1.95. The van der Waals surface area contributed by atoms with Crippen molar-refractivity contribution < 1.29 is 18.0 Å². The molecule has 0 heterocycles. The summed E-state index contributed by atoms with van der Waals surface area (Å²) in [5, 5.41) is 3.84. The molecule has 1 atom stereocenters. The maximum Gasteiger partial charge on any atom is 0.264 e. The predicted octanol–water partition coefficient (Wildman–Crippen LogP) is 7.53. The van der Waals surface area contributed by atoms with Gasteiger partial charge in [-0.2, -0.15) is 0 Å². The van der Waals surface area contributed by atoms with Crippen LogP contribution in [0.4, 0.5) is 5.69 Å². The molecule has 0 fully saturated rings. The molecule has 0 spiro atoms. The highest BCUT2D eigenvalue weighted by Crippen LogP contribution is 2.33. The lowest BCUT2D eigenvalue weighted by Gasteiger charge is -2.33. The average Bonchev–Trinajstić information content (AvgIpc) is 2.95. The normalized spacial score (nSPS) is 12.1. The zero-order chi connectivity index (χ0) is 31.0. The van der Waals surface area contributed by atoms with Gasteiger partial charge in [-0.3, -0.25) is 13.9 Å². The summed E-state index contributed by atoms with van der Waals surface area (Å²) in [6.45, 7) is 5.42. The number of amides is 2. The second kappa shape index (κ2) is 15.3. The van der Waals surface area contributed by atoms with Gasteiger partial charge in [0.1, 0.15) is 12.6 Å². The van der Waals surface area contributed by atoms with E-state index in [1.807, 2.05) is 13.8 Å². The molecule has 12 heteroatoms. The van der Waals surface area contributed by atoms with Gasteiger partial charge in [-0.25, -0.2) is 8.42 Å². The number of nitrogens with zero attached hydrogens (tertiary/aromatic N) is 2. The lowest BCUT2D eigenvalue weighted by Crippen LogP contribution is -2.52. The summed E-state index contributed by atoms with van der Waals surface area (Å²) in [4.78, 5) is 28.8. The number of carbonyl (C=O) groups is 2. The molecular weight excluding hydrogens is 640 g/mol. The van der Waals surface area contributed by atoms with E-state index in [9.17, 15) is 18.0 Å². The molecule has 2 amide bonds. The molecule has 1 N–H and O–H groups in total. The second-order valence-corrected chi connectivity index (χ2v) is 13.3. The first-order valence-electron chi connectivity index (χ1n) is 13.4. The Labute approximate surface area is 267 Å². The number of aryl methyl sites for hydroxylation is 1. The summed E-state index contributed by atoms with van der Waals surface area (Å²) in [5.74, 6) is -0.960. The number of benzene rings is 3. The largest absolute Gasteiger partial charge is 0.354 e. The lowest BCUT2D eigenvalue weighted by atomic mass is 10.1. The van der Waals surface area contributed by atoms with E-state index >= 15 is 0 Å². The van der Waals surface area contributed by atoms with Crippen molar-refractivity contribution in [3.8, 4) is 0 Å². The fourth-order valence-corrected chi connectivity index (χ4v) is 6.47. The van der Waals surface area contributed by atoms with E-state index in [-0.39, 0.29) is 44.5 Å². The van der Waals surface area contributed by atoms with Crippen LogP contribution < -0.4 is 9.62 Å². The monoisotopic (exact) mass is 671 g/mol. The SMILES string of the molecule is CCCCNC(=O)[C@@H](CC)N(Cc1ccc(Cl)c(Cl)c1)C(=O)CN(c1cc(Cl)ccc1Cl)S(=O)(=O)c1ccc(C)cc1. The van der Waals surface area contributed by atoms with Crippen molar-refractivity contribution in [2.75, 3.05) is 17.4 Å². The number of sulfonamides is 1. The number of nitrogens with one attached hydrogen (secondary N) is 1. The zero-order valence-electron chi connectivity index (χ0n) is 23.5. The Morgan fingerprint density at radius 2 is 1.55 bits per heavy atom. The quantitative estimate of drug-likeness (QED) is 0.190. The van der Waals surface area contributed by atoms with E-state index in [4.69, 9.17) is 46.4 Å². The van der Waals surface area contributed by atoms with Crippen LogP contribution in [-0.2, 0) is 26.2 Å². The predicted molar refractivity (Wildman–Crippen MR) is 171 cm³/mol. The van der Waals surface area contributed by atoms with E-state index in [0.717, 1.165) is 22.7 Å². The highest BCUT2D eigenvalue weighted by molar-refractivity contribution is 7.92. The van der Waals surface area contributed by atoms with Crippen LogP contribution in [0.2, 0.25) is 20.1 Å². The van der Waals surface area contributed by atoms with E-state index in [1.165, 1.54) is 35.2 Å². The summed E-state index contributed by atoms with van der Waals surface area (Å²) >= 11 is 25.0. The number of carbonyl (C=O) groups excluding carboxylic acids is 2. The first-order valence-corrected chi connectivity index (χ1v) is 16.4. The van der Waals surface area contributed by atoms with Crippen molar-refractivity contribution in [3.05, 3.63) is 91.9 Å². The smallest absolute Gasteiger partial charge is 0.264 e. The van der Waals surface area contributed by atoms with Crippen LogP contribution in [0.5, 0.6) is 0 Å². The number of unbranched alkanes of at least 4 members (excludes halogenated alkanes) is 1. The van der Waals surface area contributed by atoms with Crippen molar-refractivity contribution in [2.45, 2.75) is 57.5 Å². The molecule has 0 aliphatic carbocycles. The maximum absolute atomic E-state index is 14.2. The summed E-state index contributed by atoms with van der Waals surface area (Å²) < 4.78 is 28.9. The van der Waals surface area contributed by atoms with Gasteiger partial charge >= 0.3 is 0 Å². The number of hydrogen-bond acceptors (Lipinski definition) is 4. The zero-order valence-corrected chi connectivity index (χ0v) is 27.4. The second-order valence-electron chi connectivity index (χ2n) is 9.76. The van der Waals surface area contributed by atoms with Crippen molar-refractivity contribution in [3.63, 3.8) is 0 Å². The highest BCUT2D eigenvalue weighted by atomic mass is 35.5. The van der Waals surface area contributed by atoms with Gasteiger partial charge in [-0.15, -0.1) is 0 Å². The van der Waals surface area contributed by atoms with Gasteiger partial charge in [0.15, 0.2) is 0 Å². The fourth-order valence-electron chi connectivity index (χ4n) is 4.29. The topological polar surface area (TPSA) is 86.8 Å². The molecule has 7 nitrogen and oxygen atoms in total. The molecule has 0 aliphatic heterocycles. The Balaban J connectivity index is 2.09. The summed E-state index contributed by atoms with van der Waals surface area (Å²) in [6, 6.07) is 14.7. The Morgan fingerprint density at radius 3 is 2.17 bits per heavy atom. The van der Waals surface area contributed by atoms with E-state index in [1.54, 1.807) is 37.3 Å². The highest BCUT2D eigenvalue weighted by Gasteiger charge is 2.34. The molecule has 0 aromatic heterocycles. The lowest BCUT2D eigenvalue weighted by molar-refractivity contribution is -0.140. The number of hydrogen-bond donors (Lipinski definition) is 1. The van der Waals surface area contributed by atoms with Crippen LogP contribution >= 0.6 is 46.4 Å². The van der Waals surface area contributed by atoms with Crippen LogP contribution in [0.15, 0.2) is 65.6 Å². The first-order chi connectivity index (χ1) is 19.9. The molecular formula is C30H33Cl4N3O4S. The van der Waals surface area contributed by atoms with Crippen LogP contribution in [-0.4, -0.2) is 44.3 Å². The molecule has 226 valence electrons. The molecule has 3 aromatic carbocycles. The molecule has 0 unspecified atom stereocenters. The van der Waals surface area contributed by atoms with Crippen LogP contribution in [0.3, 0.4) is 0 Å². The molecule has 0 saturated carbocycles. The summed E-state index contributed by atoms with van der Waals surface area (Å²) in [5.41, 5.74) is 1.52. The van der Waals surface area contributed by atoms with E-state index < -0.39 is 28.5 Å². The van der Waals surface area contributed by atoms with Crippen LogP contribution in [0.25, 0.3) is 0 Å². The van der Waals surface area contributed by atoms with Gasteiger partial charge in [0.25, 0.3) is 10.0 Å². The molecule has 3 rings (SSSR count). The number of halogens is 4. The van der Waals surface area contributed by atoms with Crippen LogP contribution in [0, 0.1) is 6.92 Å². The number of rotatable bonds is 13. The Hall–Kier alpha value is -2.49. The number of anilines is 1. The van der Waals surface area contributed by atoms with Gasteiger partial charge in [-0.1, -0.05) is 90.4 Å². The Bertz CT molecular complexity index is 1520. The summed E-state index contributed by atoms with van der Waals surface area (Å²) in [7, 11) is -4.29. The third-order valence-electron chi connectivity index (χ3n) is 6.62. The minimum Gasteiger partial charge on any atom is -0.354 e. The molecule has 3 aromatic rings. The maximum atomic E-state index is 14.2. The first kappa shape index (κ1) is 34.0. The van der Waals surface area contributed by atoms with Crippen molar-refractivity contribution in [1.29, 1.82) is 0 Å². The van der Waals surface area contributed by atoms with Gasteiger partial charge in [0, 0.05) is 18.1 Å². The minimum atomic E-state index is -4.29. The van der Waals surface area contributed by atoms with Crippen molar-refractivity contribution in [2.24, 2.45) is 0 Å². The third kappa shape index (κ3) is 8.54. The Morgan fingerprint density at radius 1 is 0.881 bits per heavy atom. The average molecular weight is 673 g/mol. The van der Waals surface area contributed by atoms with E-state index in [0.29, 0.717) is 17.1 Å². The van der Waals surface area contributed by atoms with Gasteiger partial charge < -0.3 is 10.2 Å². The van der Waals surface area contributed by atoms with Gasteiger partial charge in [0.2, 0.25) is 11.8 Å². The molecule has 0 aliphatic rings. The van der Waals surface area contributed by atoms with Crippen molar-refractivity contribution in [1.82, 2.24) is 10.2 Å². The molecule has 0 radical (unpaired) electrons. The minimum absolute atomic E-state index is 0.0167. The van der Waals surface area contributed by atoms with Crippen molar-refractivity contribution >= 4 is 73.9 Å². The van der Waals surface area contributed by atoms with E-state index in [2.05, 4.69) is 5.32 Å². The van der Waals surface area contributed by atoms with Gasteiger partial charge in [-0.05, 0) is 67.8 Å². The molecule has 0 bridgehead atoms. The molecule has 42 heavy (non-hydrogen) atoms. The Kier molecular flexibility index (Phi) is 12.4. The van der Waals surface area contributed by atoms with Gasteiger partial charge in [0.05, 0.1) is 25.7 Å². The van der Waals surface area contributed by atoms with Crippen LogP contribution in [0.1, 0.15) is 44.2 Å².